The van der Waals surface area contributed by atoms with Gasteiger partial charge in [-0.1, -0.05) is 11.8 Å². The molecule has 0 spiro atoms. The highest BCUT2D eigenvalue weighted by atomic mass is 32.2. The third-order valence-corrected chi connectivity index (χ3v) is 4.12. The van der Waals surface area contributed by atoms with Crippen molar-refractivity contribution in [1.82, 2.24) is 20.1 Å². The summed E-state index contributed by atoms with van der Waals surface area (Å²) < 4.78 is 1.89. The Kier molecular flexibility index (Phi) is 3.71. The van der Waals surface area contributed by atoms with E-state index in [2.05, 4.69) is 22.4 Å². The van der Waals surface area contributed by atoms with E-state index in [1.807, 2.05) is 18.5 Å². The number of rotatable bonds is 5. The van der Waals surface area contributed by atoms with Crippen molar-refractivity contribution < 1.29 is 4.79 Å². The zero-order valence-electron chi connectivity index (χ0n) is 10.4. The molecule has 1 aliphatic carbocycles. The van der Waals surface area contributed by atoms with Gasteiger partial charge in [0.05, 0.1) is 5.75 Å². The van der Waals surface area contributed by atoms with Crippen molar-refractivity contribution in [2.45, 2.75) is 37.9 Å². The molecular formula is C11H18N4OS. The molecule has 94 valence electrons. The number of hydrogen-bond donors (Lipinski definition) is 1. The zero-order chi connectivity index (χ0) is 12.4. The summed E-state index contributed by atoms with van der Waals surface area (Å²) in [7, 11) is 1.91. The predicted octanol–water partition coefficient (Wildman–Crippen LogP) is 1.13. The van der Waals surface area contributed by atoms with Gasteiger partial charge in [-0.15, -0.1) is 10.2 Å². The maximum Gasteiger partial charge on any atom is 0.230 e. The van der Waals surface area contributed by atoms with Crippen LogP contribution in [0, 0.1) is 12.8 Å². The Morgan fingerprint density at radius 3 is 2.82 bits per heavy atom. The van der Waals surface area contributed by atoms with Crippen LogP contribution < -0.4 is 5.32 Å². The molecule has 17 heavy (non-hydrogen) atoms. The summed E-state index contributed by atoms with van der Waals surface area (Å²) in [4.78, 5) is 11.7. The molecule has 0 radical (unpaired) electrons. The first-order valence-electron chi connectivity index (χ1n) is 5.86. The number of thioether (sulfide) groups is 1. The summed E-state index contributed by atoms with van der Waals surface area (Å²) in [5.41, 5.74) is 0. The zero-order valence-corrected chi connectivity index (χ0v) is 11.3. The van der Waals surface area contributed by atoms with E-state index in [0.29, 0.717) is 17.7 Å². The Morgan fingerprint density at radius 2 is 2.29 bits per heavy atom. The summed E-state index contributed by atoms with van der Waals surface area (Å²) >= 11 is 1.43. The first-order valence-corrected chi connectivity index (χ1v) is 6.84. The van der Waals surface area contributed by atoms with Gasteiger partial charge in [-0.05, 0) is 32.6 Å². The number of nitrogens with zero attached hydrogens (tertiary/aromatic N) is 3. The van der Waals surface area contributed by atoms with Crippen LogP contribution >= 0.6 is 11.8 Å². The lowest BCUT2D eigenvalue weighted by molar-refractivity contribution is -0.119. The lowest BCUT2D eigenvalue weighted by atomic mass is 10.2. The van der Waals surface area contributed by atoms with E-state index in [4.69, 9.17) is 0 Å². The first kappa shape index (κ1) is 12.4. The monoisotopic (exact) mass is 254 g/mol. The van der Waals surface area contributed by atoms with Crippen molar-refractivity contribution in [3.63, 3.8) is 0 Å². The van der Waals surface area contributed by atoms with Crippen LogP contribution in [0.1, 0.15) is 25.6 Å². The molecule has 1 fully saturated rings. The second kappa shape index (κ2) is 5.08. The van der Waals surface area contributed by atoms with E-state index in [-0.39, 0.29) is 5.91 Å². The van der Waals surface area contributed by atoms with Crippen molar-refractivity contribution >= 4 is 17.7 Å². The van der Waals surface area contributed by atoms with E-state index in [0.717, 1.165) is 11.0 Å². The van der Waals surface area contributed by atoms with Gasteiger partial charge >= 0.3 is 0 Å². The van der Waals surface area contributed by atoms with E-state index in [1.165, 1.54) is 24.6 Å². The van der Waals surface area contributed by atoms with Gasteiger partial charge in [-0.2, -0.15) is 0 Å². The highest BCUT2D eigenvalue weighted by Gasteiger charge is 2.28. The average molecular weight is 254 g/mol. The predicted molar refractivity (Wildman–Crippen MR) is 66.8 cm³/mol. The third kappa shape index (κ3) is 3.21. The largest absolute Gasteiger partial charge is 0.353 e. The minimum atomic E-state index is 0.0788. The average Bonchev–Trinajstić information content (AvgIpc) is 3.07. The van der Waals surface area contributed by atoms with Gasteiger partial charge in [0.15, 0.2) is 5.16 Å². The van der Waals surface area contributed by atoms with Gasteiger partial charge in [0.2, 0.25) is 5.91 Å². The minimum Gasteiger partial charge on any atom is -0.353 e. The molecule has 0 aromatic carbocycles. The van der Waals surface area contributed by atoms with Gasteiger partial charge in [-0.3, -0.25) is 4.79 Å². The smallest absolute Gasteiger partial charge is 0.230 e. The molecule has 1 amide bonds. The molecule has 1 heterocycles. The van der Waals surface area contributed by atoms with Crippen molar-refractivity contribution in [2.75, 3.05) is 5.75 Å². The van der Waals surface area contributed by atoms with Crippen LogP contribution in [0.4, 0.5) is 0 Å². The Balaban J connectivity index is 1.77. The SMILES string of the molecule is Cc1nnc(SCC(=O)N[C@@H](C)C2CC2)n1C. The molecule has 1 aromatic rings. The van der Waals surface area contributed by atoms with Crippen LogP contribution in [-0.2, 0) is 11.8 Å². The molecular weight excluding hydrogens is 236 g/mol. The number of carbonyl (C=O) groups is 1. The van der Waals surface area contributed by atoms with Crippen LogP contribution in [0.25, 0.3) is 0 Å². The van der Waals surface area contributed by atoms with Crippen molar-refractivity contribution in [1.29, 1.82) is 0 Å². The number of amides is 1. The minimum absolute atomic E-state index is 0.0788. The number of aromatic nitrogens is 3. The fraction of sp³-hybridized carbons (Fsp3) is 0.727. The number of carbonyl (C=O) groups excluding carboxylic acids is 1. The molecule has 1 N–H and O–H groups in total. The summed E-state index contributed by atoms with van der Waals surface area (Å²) in [6.07, 6.45) is 2.49. The second-order valence-corrected chi connectivity index (χ2v) is 5.51. The maximum absolute atomic E-state index is 11.7. The summed E-state index contributed by atoms with van der Waals surface area (Å²) in [6, 6.07) is 0.310. The number of aryl methyl sites for hydroxylation is 1. The summed E-state index contributed by atoms with van der Waals surface area (Å²) in [5.74, 6) is 2.04. The Labute approximate surface area is 105 Å². The van der Waals surface area contributed by atoms with Crippen molar-refractivity contribution in [3.8, 4) is 0 Å². The molecule has 1 aliphatic rings. The Hall–Kier alpha value is -1.04. The first-order chi connectivity index (χ1) is 8.08. The van der Waals surface area contributed by atoms with Crippen LogP contribution in [0.5, 0.6) is 0 Å². The van der Waals surface area contributed by atoms with Crippen molar-refractivity contribution in [2.24, 2.45) is 13.0 Å². The summed E-state index contributed by atoms with van der Waals surface area (Å²) in [6.45, 7) is 3.97. The molecule has 0 saturated heterocycles. The third-order valence-electron chi connectivity index (χ3n) is 3.10. The highest BCUT2D eigenvalue weighted by molar-refractivity contribution is 7.99. The van der Waals surface area contributed by atoms with Gasteiger partial charge in [-0.25, -0.2) is 0 Å². The lowest BCUT2D eigenvalue weighted by Gasteiger charge is -2.12. The van der Waals surface area contributed by atoms with Crippen LogP contribution in [0.3, 0.4) is 0 Å². The number of nitrogens with one attached hydrogen (secondary N) is 1. The van der Waals surface area contributed by atoms with E-state index >= 15 is 0 Å². The van der Waals surface area contributed by atoms with Gasteiger partial charge in [0.1, 0.15) is 5.82 Å². The van der Waals surface area contributed by atoms with E-state index < -0.39 is 0 Å². The topological polar surface area (TPSA) is 59.8 Å². The molecule has 0 bridgehead atoms. The fourth-order valence-electron chi connectivity index (χ4n) is 1.65. The van der Waals surface area contributed by atoms with Crippen LogP contribution in [0.2, 0.25) is 0 Å². The molecule has 0 unspecified atom stereocenters. The Morgan fingerprint density at radius 1 is 1.59 bits per heavy atom. The normalized spacial score (nSPS) is 16.9. The van der Waals surface area contributed by atoms with E-state index in [9.17, 15) is 4.79 Å². The quantitative estimate of drug-likeness (QED) is 0.800. The number of hydrogen-bond acceptors (Lipinski definition) is 4. The lowest BCUT2D eigenvalue weighted by Crippen LogP contribution is -2.35. The van der Waals surface area contributed by atoms with Crippen LogP contribution in [-0.4, -0.2) is 32.5 Å². The molecule has 2 rings (SSSR count). The van der Waals surface area contributed by atoms with Gasteiger partial charge in [0.25, 0.3) is 0 Å². The molecule has 0 aliphatic heterocycles. The standard InChI is InChI=1S/C11H18N4OS/c1-7(9-4-5-9)12-10(16)6-17-11-14-13-8(2)15(11)3/h7,9H,4-6H2,1-3H3,(H,12,16)/t7-/m0/s1. The molecule has 1 atom stereocenters. The second-order valence-electron chi connectivity index (χ2n) is 4.57. The van der Waals surface area contributed by atoms with E-state index in [1.54, 1.807) is 0 Å². The highest BCUT2D eigenvalue weighted by Crippen LogP contribution is 2.32. The van der Waals surface area contributed by atoms with Gasteiger partial charge < -0.3 is 9.88 Å². The van der Waals surface area contributed by atoms with Crippen molar-refractivity contribution in [3.05, 3.63) is 5.82 Å². The molecule has 5 nitrogen and oxygen atoms in total. The molecule has 1 aromatic heterocycles. The van der Waals surface area contributed by atoms with Gasteiger partial charge in [0, 0.05) is 13.1 Å². The maximum atomic E-state index is 11.7. The fourth-order valence-corrected chi connectivity index (χ4v) is 2.42. The van der Waals surface area contributed by atoms with Crippen LogP contribution in [0.15, 0.2) is 5.16 Å². The summed E-state index contributed by atoms with van der Waals surface area (Å²) in [5, 5.41) is 11.8. The molecule has 6 heteroatoms. The molecule has 1 saturated carbocycles. The Bertz CT molecular complexity index is 414.